The van der Waals surface area contributed by atoms with Crippen LogP contribution in [0.1, 0.15) is 45.4 Å². The predicted molar refractivity (Wildman–Crippen MR) is 50.8 cm³/mol. The van der Waals surface area contributed by atoms with Crippen molar-refractivity contribution in [2.24, 2.45) is 0 Å². The Kier molecular flexibility index (Phi) is 28.2. The normalized spacial score (nSPS) is 8.00. The summed E-state index contributed by atoms with van der Waals surface area (Å²) in [6.45, 7) is 6.02. The summed E-state index contributed by atoms with van der Waals surface area (Å²) in [6, 6.07) is 0. The van der Waals surface area contributed by atoms with Gasteiger partial charge in [0.15, 0.2) is 0 Å². The maximum atomic E-state index is 8.70. The fourth-order valence-electron chi connectivity index (χ4n) is 0.780. The first-order chi connectivity index (χ1) is 5.65. The van der Waals surface area contributed by atoms with Crippen molar-refractivity contribution in [1.82, 2.24) is 0 Å². The summed E-state index contributed by atoms with van der Waals surface area (Å²) in [5.74, 6) is 0. The van der Waals surface area contributed by atoms with Crippen LogP contribution >= 0.6 is 8.25 Å². The van der Waals surface area contributed by atoms with E-state index >= 15 is 0 Å². The average Bonchev–Trinajstić information content (AvgIpc) is 1.97. The summed E-state index contributed by atoms with van der Waals surface area (Å²) >= 11 is 0. The number of rotatable bonds is 5. The molecule has 0 atom stereocenters. The van der Waals surface area contributed by atoms with Gasteiger partial charge in [0.2, 0.25) is 0 Å². The molecule has 3 nitrogen and oxygen atoms in total. The zero-order valence-electron chi connectivity index (χ0n) is 8.70. The Morgan fingerprint density at radius 1 is 1.15 bits per heavy atom. The standard InChI is InChI=1S/C8H17.Na.HO3P/c1-3-5-7-8-6-4-2;;1-4(2)3/h1,3-8H2,2H3;;(H-,1,2,3)/q-1;+1;/p+1. The summed E-state index contributed by atoms with van der Waals surface area (Å²) < 4.78 is 8.70. The molecule has 0 aliphatic heterocycles. The topological polar surface area (TPSA) is 57.5 Å². The molecular formula is C8H19NaO3P+. The third kappa shape index (κ3) is 43.6. The van der Waals surface area contributed by atoms with Crippen LogP contribution in [0.2, 0.25) is 0 Å². The van der Waals surface area contributed by atoms with Gasteiger partial charge in [-0.3, -0.25) is 0 Å². The average molecular weight is 217 g/mol. The van der Waals surface area contributed by atoms with E-state index in [-0.39, 0.29) is 29.6 Å². The second-order valence-corrected chi connectivity index (χ2v) is 3.03. The van der Waals surface area contributed by atoms with Crippen molar-refractivity contribution in [3.05, 3.63) is 6.92 Å². The fourth-order valence-corrected chi connectivity index (χ4v) is 0.780. The quantitative estimate of drug-likeness (QED) is 0.290. The van der Waals surface area contributed by atoms with Crippen molar-refractivity contribution in [1.29, 1.82) is 0 Å². The molecule has 0 aromatic heterocycles. The molecule has 0 aromatic rings. The predicted octanol–water partition coefficient (Wildman–Crippen LogP) is -0.187. The Morgan fingerprint density at radius 3 is 1.85 bits per heavy atom. The van der Waals surface area contributed by atoms with Crippen LogP contribution in [0.25, 0.3) is 0 Å². The van der Waals surface area contributed by atoms with Gasteiger partial charge >= 0.3 is 37.8 Å². The summed E-state index contributed by atoms with van der Waals surface area (Å²) in [5.41, 5.74) is 0. The molecule has 0 unspecified atom stereocenters. The van der Waals surface area contributed by atoms with Crippen molar-refractivity contribution in [2.75, 3.05) is 0 Å². The third-order valence-electron chi connectivity index (χ3n) is 1.35. The van der Waals surface area contributed by atoms with Crippen LogP contribution in [0, 0.1) is 6.92 Å². The van der Waals surface area contributed by atoms with Gasteiger partial charge in [0.05, 0.1) is 0 Å². The summed E-state index contributed by atoms with van der Waals surface area (Å²) in [5, 5.41) is 0. The summed E-state index contributed by atoms with van der Waals surface area (Å²) in [6.07, 6.45) is 7.98. The number of hydrogen-bond acceptors (Lipinski definition) is 1. The molecule has 0 aliphatic carbocycles. The molecule has 2 N–H and O–H groups in total. The van der Waals surface area contributed by atoms with E-state index in [0.717, 1.165) is 6.42 Å². The molecular weight excluding hydrogens is 198 g/mol. The van der Waals surface area contributed by atoms with Gasteiger partial charge in [-0.1, -0.05) is 39.0 Å². The second kappa shape index (κ2) is 18.7. The van der Waals surface area contributed by atoms with Crippen LogP contribution in [-0.2, 0) is 4.57 Å². The van der Waals surface area contributed by atoms with Gasteiger partial charge in [0.1, 0.15) is 0 Å². The van der Waals surface area contributed by atoms with Crippen LogP contribution < -0.4 is 29.6 Å². The van der Waals surface area contributed by atoms with Gasteiger partial charge in [-0.05, 0) is 0 Å². The SMILES string of the molecule is O=[P+](O)O.[CH2-]CCCCCCC.[Na+]. The minimum atomic E-state index is -2.87. The van der Waals surface area contributed by atoms with Crippen LogP contribution in [-0.4, -0.2) is 9.79 Å². The molecule has 5 heteroatoms. The van der Waals surface area contributed by atoms with E-state index in [9.17, 15) is 0 Å². The van der Waals surface area contributed by atoms with Gasteiger partial charge in [-0.15, -0.1) is 9.79 Å². The third-order valence-corrected chi connectivity index (χ3v) is 1.35. The van der Waals surface area contributed by atoms with Gasteiger partial charge in [0.25, 0.3) is 0 Å². The van der Waals surface area contributed by atoms with E-state index in [1.54, 1.807) is 0 Å². The minimum absolute atomic E-state index is 0. The van der Waals surface area contributed by atoms with Gasteiger partial charge in [-0.25, -0.2) is 0 Å². The maximum absolute atomic E-state index is 8.70. The molecule has 0 aliphatic rings. The van der Waals surface area contributed by atoms with Crippen LogP contribution in [0.15, 0.2) is 0 Å². The molecule has 0 aromatic carbocycles. The van der Waals surface area contributed by atoms with Gasteiger partial charge in [-0.2, -0.15) is 6.42 Å². The molecule has 0 radical (unpaired) electrons. The minimum Gasteiger partial charge on any atom is -0.343 e. The second-order valence-electron chi connectivity index (χ2n) is 2.52. The van der Waals surface area contributed by atoms with E-state index in [0.29, 0.717) is 0 Å². The van der Waals surface area contributed by atoms with E-state index in [1.165, 1.54) is 32.1 Å². The Bertz CT molecular complexity index is 91.4. The van der Waals surface area contributed by atoms with Crippen LogP contribution in [0.3, 0.4) is 0 Å². The van der Waals surface area contributed by atoms with Crippen molar-refractivity contribution in [2.45, 2.75) is 45.4 Å². The zero-order valence-corrected chi connectivity index (χ0v) is 11.6. The molecule has 0 spiro atoms. The Morgan fingerprint density at radius 2 is 1.54 bits per heavy atom. The van der Waals surface area contributed by atoms with Crippen molar-refractivity contribution in [3.8, 4) is 0 Å². The molecule has 0 saturated carbocycles. The monoisotopic (exact) mass is 217 g/mol. The number of unbranched alkanes of at least 4 members (excludes halogenated alkanes) is 5. The van der Waals surface area contributed by atoms with E-state index in [1.807, 2.05) is 0 Å². The molecule has 0 heterocycles. The van der Waals surface area contributed by atoms with Crippen molar-refractivity contribution in [3.63, 3.8) is 0 Å². The molecule has 0 bridgehead atoms. The molecule has 0 fully saturated rings. The fraction of sp³-hybridized carbons (Fsp3) is 0.875. The molecule has 0 rings (SSSR count). The molecule has 0 amide bonds. The maximum Gasteiger partial charge on any atom is 1.00 e. The molecule has 0 saturated heterocycles. The Hall–Kier alpha value is 1.02. The van der Waals surface area contributed by atoms with Gasteiger partial charge < -0.3 is 6.92 Å². The largest absolute Gasteiger partial charge is 1.00 e. The van der Waals surface area contributed by atoms with E-state index < -0.39 is 8.25 Å². The first-order valence-corrected chi connectivity index (χ1v) is 5.45. The summed E-state index contributed by atoms with van der Waals surface area (Å²) in [4.78, 5) is 14.2. The Balaban J connectivity index is -0.000000173. The Labute approximate surface area is 104 Å². The van der Waals surface area contributed by atoms with Crippen LogP contribution in [0.4, 0.5) is 0 Å². The van der Waals surface area contributed by atoms with E-state index in [2.05, 4.69) is 13.8 Å². The number of hydrogen-bond donors (Lipinski definition) is 2. The van der Waals surface area contributed by atoms with Crippen molar-refractivity contribution < 1.29 is 43.9 Å². The van der Waals surface area contributed by atoms with Gasteiger partial charge in [0, 0.05) is 4.57 Å². The van der Waals surface area contributed by atoms with Crippen LogP contribution in [0.5, 0.6) is 0 Å². The zero-order chi connectivity index (χ0) is 9.82. The summed E-state index contributed by atoms with van der Waals surface area (Å²) in [7, 11) is -2.87. The van der Waals surface area contributed by atoms with Crippen molar-refractivity contribution >= 4 is 8.25 Å². The first kappa shape index (κ1) is 19.6. The smallest absolute Gasteiger partial charge is 0.343 e. The molecule has 13 heavy (non-hydrogen) atoms. The van der Waals surface area contributed by atoms with E-state index in [4.69, 9.17) is 14.4 Å². The first-order valence-electron chi connectivity index (χ1n) is 4.29. The molecule has 74 valence electrons.